The number of hydrogen-bond acceptors (Lipinski definition) is 2. The Labute approximate surface area is 144 Å². The predicted molar refractivity (Wildman–Crippen MR) is 96.9 cm³/mol. The van der Waals surface area contributed by atoms with Crippen LogP contribution in [-0.2, 0) is 0 Å². The van der Waals surface area contributed by atoms with Gasteiger partial charge in [-0.2, -0.15) is 5.10 Å². The minimum absolute atomic E-state index is 0.155. The minimum Gasteiger partial charge on any atom is -0.339 e. The van der Waals surface area contributed by atoms with Gasteiger partial charge in [0.05, 0.1) is 22.6 Å². The first-order chi connectivity index (χ1) is 11.5. The van der Waals surface area contributed by atoms with Gasteiger partial charge in [-0.05, 0) is 36.8 Å². The zero-order chi connectivity index (χ0) is 17.3. The summed E-state index contributed by atoms with van der Waals surface area (Å²) in [4.78, 5) is 15.2. The van der Waals surface area contributed by atoms with Crippen molar-refractivity contribution in [1.82, 2.24) is 14.7 Å². The number of rotatable bonds is 4. The van der Waals surface area contributed by atoms with Gasteiger partial charge in [0, 0.05) is 13.1 Å². The second-order valence-corrected chi connectivity index (χ2v) is 7.20. The highest BCUT2D eigenvalue weighted by Gasteiger charge is 2.31. The maximum absolute atomic E-state index is 13.2. The summed E-state index contributed by atoms with van der Waals surface area (Å²) in [7, 11) is 0. The van der Waals surface area contributed by atoms with Crippen molar-refractivity contribution in [2.24, 2.45) is 0 Å². The van der Waals surface area contributed by atoms with Crippen molar-refractivity contribution in [2.45, 2.75) is 52.4 Å². The van der Waals surface area contributed by atoms with E-state index in [0.29, 0.717) is 0 Å². The maximum Gasteiger partial charge on any atom is 0.257 e. The van der Waals surface area contributed by atoms with E-state index in [1.54, 1.807) is 0 Å². The first kappa shape index (κ1) is 16.7. The molecule has 1 saturated heterocycles. The molecule has 1 aromatic heterocycles. The quantitative estimate of drug-likeness (QED) is 0.838. The maximum atomic E-state index is 13.2. The summed E-state index contributed by atoms with van der Waals surface area (Å²) in [6.07, 6.45) is 2.21. The number of amides is 1. The number of hydrogen-bond donors (Lipinski definition) is 0. The molecule has 0 aliphatic carbocycles. The molecule has 1 amide bonds. The lowest BCUT2D eigenvalue weighted by molar-refractivity contribution is 0.0789. The summed E-state index contributed by atoms with van der Waals surface area (Å²) < 4.78 is 1.98. The third-order valence-electron chi connectivity index (χ3n) is 4.65. The van der Waals surface area contributed by atoms with Crippen molar-refractivity contribution in [3.63, 3.8) is 0 Å². The summed E-state index contributed by atoms with van der Waals surface area (Å²) in [5.74, 6) is 0.600. The van der Waals surface area contributed by atoms with Crippen LogP contribution in [-0.4, -0.2) is 33.7 Å². The van der Waals surface area contributed by atoms with E-state index in [1.807, 2.05) is 39.9 Å². The van der Waals surface area contributed by atoms with E-state index in [1.165, 1.54) is 0 Å². The van der Waals surface area contributed by atoms with E-state index in [0.717, 1.165) is 48.6 Å². The van der Waals surface area contributed by atoms with Gasteiger partial charge in [-0.25, -0.2) is 4.68 Å². The van der Waals surface area contributed by atoms with Gasteiger partial charge in [0.1, 0.15) is 0 Å². The first-order valence-corrected chi connectivity index (χ1v) is 8.98. The number of nitrogens with zero attached hydrogens (tertiary/aromatic N) is 3. The molecular weight excluding hydrogens is 298 g/mol. The van der Waals surface area contributed by atoms with Crippen molar-refractivity contribution in [1.29, 1.82) is 0 Å². The van der Waals surface area contributed by atoms with E-state index in [4.69, 9.17) is 5.10 Å². The van der Waals surface area contributed by atoms with Crippen molar-refractivity contribution >= 4 is 5.91 Å². The van der Waals surface area contributed by atoms with E-state index >= 15 is 0 Å². The SMILES string of the molecule is CC(C)c1nn(-c2ccccc2)c(C(C)C)c1C(=O)N1CCCC1. The summed E-state index contributed by atoms with van der Waals surface area (Å²) >= 11 is 0. The number of benzene rings is 1. The average Bonchev–Trinajstić information content (AvgIpc) is 3.22. The standard InChI is InChI=1S/C20H27N3O/c1-14(2)18-17(20(24)22-12-8-9-13-22)19(15(3)4)23(21-18)16-10-6-5-7-11-16/h5-7,10-11,14-15H,8-9,12-13H2,1-4H3. The molecule has 0 spiro atoms. The molecule has 2 heterocycles. The zero-order valence-electron chi connectivity index (χ0n) is 15.1. The molecule has 0 N–H and O–H groups in total. The second kappa shape index (κ2) is 6.80. The van der Waals surface area contributed by atoms with Crippen LogP contribution in [0.5, 0.6) is 0 Å². The predicted octanol–water partition coefficient (Wildman–Crippen LogP) is 4.36. The molecule has 0 radical (unpaired) electrons. The third-order valence-corrected chi connectivity index (χ3v) is 4.65. The Morgan fingerprint density at radius 2 is 1.62 bits per heavy atom. The summed E-state index contributed by atoms with van der Waals surface area (Å²) in [6.45, 7) is 10.2. The van der Waals surface area contributed by atoms with Crippen molar-refractivity contribution in [2.75, 3.05) is 13.1 Å². The number of carbonyl (C=O) groups excluding carboxylic acids is 1. The van der Waals surface area contributed by atoms with Crippen LogP contribution in [0.4, 0.5) is 0 Å². The monoisotopic (exact) mass is 325 g/mol. The zero-order valence-corrected chi connectivity index (χ0v) is 15.1. The molecule has 4 nitrogen and oxygen atoms in total. The van der Waals surface area contributed by atoms with Gasteiger partial charge < -0.3 is 4.90 Å². The summed E-state index contributed by atoms with van der Waals surface area (Å²) in [5.41, 5.74) is 3.79. The van der Waals surface area contributed by atoms with Gasteiger partial charge in [0.15, 0.2) is 0 Å². The molecule has 1 aliphatic heterocycles. The fraction of sp³-hybridized carbons (Fsp3) is 0.500. The van der Waals surface area contributed by atoms with E-state index in [-0.39, 0.29) is 17.7 Å². The normalized spacial score (nSPS) is 14.8. The van der Waals surface area contributed by atoms with Gasteiger partial charge in [0.2, 0.25) is 0 Å². The molecule has 0 saturated carbocycles. The molecule has 24 heavy (non-hydrogen) atoms. The first-order valence-electron chi connectivity index (χ1n) is 8.98. The van der Waals surface area contributed by atoms with E-state index in [2.05, 4.69) is 27.7 Å². The number of aromatic nitrogens is 2. The number of carbonyl (C=O) groups is 1. The van der Waals surface area contributed by atoms with Crippen LogP contribution in [0.3, 0.4) is 0 Å². The molecule has 0 unspecified atom stereocenters. The van der Waals surface area contributed by atoms with Crippen LogP contribution >= 0.6 is 0 Å². The van der Waals surface area contributed by atoms with Gasteiger partial charge in [-0.1, -0.05) is 45.9 Å². The largest absolute Gasteiger partial charge is 0.339 e. The van der Waals surface area contributed by atoms with E-state index < -0.39 is 0 Å². The topological polar surface area (TPSA) is 38.1 Å². The molecule has 128 valence electrons. The smallest absolute Gasteiger partial charge is 0.257 e. The van der Waals surface area contributed by atoms with Crippen molar-refractivity contribution in [3.8, 4) is 5.69 Å². The average molecular weight is 325 g/mol. The van der Waals surface area contributed by atoms with Crippen LogP contribution in [0, 0.1) is 0 Å². The molecular formula is C20H27N3O. The Bertz CT molecular complexity index is 710. The van der Waals surface area contributed by atoms with Crippen molar-refractivity contribution in [3.05, 3.63) is 47.3 Å². The van der Waals surface area contributed by atoms with Crippen LogP contribution in [0.1, 0.15) is 74.1 Å². The Balaban J connectivity index is 2.18. The Morgan fingerprint density at radius 1 is 1.00 bits per heavy atom. The molecule has 1 aromatic carbocycles. The molecule has 2 aromatic rings. The fourth-order valence-electron chi connectivity index (χ4n) is 3.45. The Morgan fingerprint density at radius 3 is 2.17 bits per heavy atom. The lowest BCUT2D eigenvalue weighted by Crippen LogP contribution is -2.29. The Kier molecular flexibility index (Phi) is 4.74. The van der Waals surface area contributed by atoms with Crippen LogP contribution in [0.2, 0.25) is 0 Å². The number of likely N-dealkylation sites (tertiary alicyclic amines) is 1. The lowest BCUT2D eigenvalue weighted by Gasteiger charge is -2.19. The lowest BCUT2D eigenvalue weighted by atomic mass is 9.97. The van der Waals surface area contributed by atoms with Crippen molar-refractivity contribution < 1.29 is 4.79 Å². The fourth-order valence-corrected chi connectivity index (χ4v) is 3.45. The third kappa shape index (κ3) is 2.97. The molecule has 4 heteroatoms. The van der Waals surface area contributed by atoms with Crippen LogP contribution in [0.15, 0.2) is 30.3 Å². The van der Waals surface area contributed by atoms with Crippen LogP contribution in [0.25, 0.3) is 5.69 Å². The molecule has 0 bridgehead atoms. The molecule has 0 atom stereocenters. The van der Waals surface area contributed by atoms with Gasteiger partial charge in [0.25, 0.3) is 5.91 Å². The van der Waals surface area contributed by atoms with Gasteiger partial charge in [-0.3, -0.25) is 4.79 Å². The van der Waals surface area contributed by atoms with Gasteiger partial charge in [-0.15, -0.1) is 0 Å². The minimum atomic E-state index is 0.155. The summed E-state index contributed by atoms with van der Waals surface area (Å²) in [5, 5.41) is 4.86. The molecule has 1 fully saturated rings. The molecule has 3 rings (SSSR count). The highest BCUT2D eigenvalue weighted by Crippen LogP contribution is 2.31. The molecule has 1 aliphatic rings. The van der Waals surface area contributed by atoms with E-state index in [9.17, 15) is 4.79 Å². The Hall–Kier alpha value is -2.10. The van der Waals surface area contributed by atoms with Gasteiger partial charge >= 0.3 is 0 Å². The highest BCUT2D eigenvalue weighted by atomic mass is 16.2. The summed E-state index contributed by atoms with van der Waals surface area (Å²) in [6, 6.07) is 10.1. The highest BCUT2D eigenvalue weighted by molar-refractivity contribution is 5.97. The second-order valence-electron chi connectivity index (χ2n) is 7.20. The number of para-hydroxylation sites is 1. The van der Waals surface area contributed by atoms with Crippen LogP contribution < -0.4 is 0 Å².